The van der Waals surface area contributed by atoms with Gasteiger partial charge in [-0.15, -0.1) is 0 Å². The molecule has 0 bridgehead atoms. The van der Waals surface area contributed by atoms with E-state index >= 15 is 0 Å². The van der Waals surface area contributed by atoms with E-state index in [1.165, 1.54) is 28.0 Å². The van der Waals surface area contributed by atoms with Gasteiger partial charge in [0.2, 0.25) is 0 Å². The summed E-state index contributed by atoms with van der Waals surface area (Å²) in [4.78, 5) is 39.2. The zero-order valence-electron chi connectivity index (χ0n) is 17.1. The number of hydrogen-bond acceptors (Lipinski definition) is 5. The zero-order valence-corrected chi connectivity index (χ0v) is 17.9. The van der Waals surface area contributed by atoms with Gasteiger partial charge in [-0.25, -0.2) is 0 Å². The highest BCUT2D eigenvalue weighted by Gasteiger charge is 2.30. The Kier molecular flexibility index (Phi) is 5.34. The molecule has 1 fully saturated rings. The van der Waals surface area contributed by atoms with Crippen molar-refractivity contribution in [3.05, 3.63) is 73.2 Å². The van der Waals surface area contributed by atoms with E-state index in [0.29, 0.717) is 36.4 Å². The Morgan fingerprint density at radius 3 is 2.67 bits per heavy atom. The molecule has 0 aliphatic carbocycles. The van der Waals surface area contributed by atoms with Crippen molar-refractivity contribution in [1.82, 2.24) is 14.0 Å². The van der Waals surface area contributed by atoms with E-state index in [4.69, 9.17) is 4.74 Å². The maximum Gasteiger partial charge on any atom is 0.256 e. The Hall–Kier alpha value is -3.13. The number of amides is 1. The van der Waals surface area contributed by atoms with Crippen molar-refractivity contribution in [2.45, 2.75) is 19.4 Å². The van der Waals surface area contributed by atoms with Gasteiger partial charge in [-0.05, 0) is 35.4 Å². The Bertz CT molecular complexity index is 1210. The SMILES string of the molecule is Cc1cc(OC2CCN(C(=O)c3cn(C)c(=O)cc3-c3ccsc3)C2)cc(=O)n1C. The molecule has 1 saturated heterocycles. The highest BCUT2D eigenvalue weighted by molar-refractivity contribution is 7.08. The van der Waals surface area contributed by atoms with E-state index in [-0.39, 0.29) is 23.1 Å². The van der Waals surface area contributed by atoms with Gasteiger partial charge in [0.15, 0.2) is 0 Å². The summed E-state index contributed by atoms with van der Waals surface area (Å²) in [6.07, 6.45) is 2.10. The largest absolute Gasteiger partial charge is 0.488 e. The number of likely N-dealkylation sites (tertiary alicyclic amines) is 1. The summed E-state index contributed by atoms with van der Waals surface area (Å²) in [7, 11) is 3.36. The van der Waals surface area contributed by atoms with Crippen molar-refractivity contribution in [2.24, 2.45) is 14.1 Å². The van der Waals surface area contributed by atoms with Crippen LogP contribution in [0.2, 0.25) is 0 Å². The molecule has 1 unspecified atom stereocenters. The van der Waals surface area contributed by atoms with Crippen LogP contribution in [0.1, 0.15) is 22.5 Å². The molecule has 4 heterocycles. The molecule has 7 nitrogen and oxygen atoms in total. The van der Waals surface area contributed by atoms with Crippen LogP contribution in [0.25, 0.3) is 11.1 Å². The second-order valence-electron chi connectivity index (χ2n) is 7.57. The molecule has 1 atom stereocenters. The first kappa shape index (κ1) is 20.2. The number of ether oxygens (including phenoxy) is 1. The van der Waals surface area contributed by atoms with Crippen LogP contribution in [0.4, 0.5) is 0 Å². The van der Waals surface area contributed by atoms with Gasteiger partial charge in [0.05, 0.1) is 12.1 Å². The first-order valence-electron chi connectivity index (χ1n) is 9.70. The summed E-state index contributed by atoms with van der Waals surface area (Å²) in [6.45, 7) is 2.84. The molecular weight excluding hydrogens is 402 g/mol. The molecule has 1 amide bonds. The van der Waals surface area contributed by atoms with Crippen LogP contribution in [-0.4, -0.2) is 39.1 Å². The number of pyridine rings is 2. The topological polar surface area (TPSA) is 73.5 Å². The smallest absolute Gasteiger partial charge is 0.256 e. The first-order chi connectivity index (χ1) is 14.3. The lowest BCUT2D eigenvalue weighted by atomic mass is 10.0. The number of rotatable bonds is 4. The fraction of sp³-hybridized carbons (Fsp3) is 0.318. The predicted molar refractivity (Wildman–Crippen MR) is 116 cm³/mol. The molecule has 1 aliphatic rings. The average molecular weight is 426 g/mol. The molecule has 3 aromatic rings. The lowest BCUT2D eigenvalue weighted by Gasteiger charge is -2.19. The maximum atomic E-state index is 13.3. The number of carbonyl (C=O) groups excluding carboxylic acids is 1. The van der Waals surface area contributed by atoms with Crippen LogP contribution in [0.5, 0.6) is 5.75 Å². The number of aromatic nitrogens is 2. The summed E-state index contributed by atoms with van der Waals surface area (Å²) in [5.41, 5.74) is 2.55. The van der Waals surface area contributed by atoms with Crippen molar-refractivity contribution in [1.29, 1.82) is 0 Å². The third-order valence-electron chi connectivity index (χ3n) is 5.50. The molecule has 0 spiro atoms. The van der Waals surface area contributed by atoms with Crippen molar-refractivity contribution < 1.29 is 9.53 Å². The third kappa shape index (κ3) is 3.82. The Balaban J connectivity index is 1.55. The lowest BCUT2D eigenvalue weighted by Crippen LogP contribution is -2.32. The molecular formula is C22H23N3O4S. The van der Waals surface area contributed by atoms with E-state index in [1.807, 2.05) is 29.8 Å². The van der Waals surface area contributed by atoms with Gasteiger partial charge >= 0.3 is 0 Å². The maximum absolute atomic E-state index is 13.3. The van der Waals surface area contributed by atoms with Crippen LogP contribution < -0.4 is 15.9 Å². The van der Waals surface area contributed by atoms with Gasteiger partial charge in [0.25, 0.3) is 17.0 Å². The average Bonchev–Trinajstić information content (AvgIpc) is 3.39. The summed E-state index contributed by atoms with van der Waals surface area (Å²) >= 11 is 1.52. The van der Waals surface area contributed by atoms with Crippen LogP contribution in [-0.2, 0) is 14.1 Å². The van der Waals surface area contributed by atoms with Crippen molar-refractivity contribution in [2.75, 3.05) is 13.1 Å². The molecule has 0 saturated carbocycles. The molecule has 1 aliphatic heterocycles. The number of carbonyl (C=O) groups is 1. The third-order valence-corrected chi connectivity index (χ3v) is 6.19. The summed E-state index contributed by atoms with van der Waals surface area (Å²) < 4.78 is 8.98. The van der Waals surface area contributed by atoms with E-state index in [2.05, 4.69) is 0 Å². The van der Waals surface area contributed by atoms with Gasteiger partial charge in [-0.1, -0.05) is 0 Å². The van der Waals surface area contributed by atoms with Crippen LogP contribution in [0.15, 0.2) is 50.8 Å². The number of aryl methyl sites for hydroxylation is 2. The summed E-state index contributed by atoms with van der Waals surface area (Å²) in [5.74, 6) is 0.397. The van der Waals surface area contributed by atoms with Gasteiger partial charge in [0.1, 0.15) is 11.9 Å². The highest BCUT2D eigenvalue weighted by Crippen LogP contribution is 2.27. The normalized spacial score (nSPS) is 16.1. The van der Waals surface area contributed by atoms with Gasteiger partial charge < -0.3 is 18.8 Å². The van der Waals surface area contributed by atoms with Crippen molar-refractivity contribution >= 4 is 17.2 Å². The van der Waals surface area contributed by atoms with Crippen molar-refractivity contribution in [3.63, 3.8) is 0 Å². The molecule has 0 N–H and O–H groups in total. The second-order valence-corrected chi connectivity index (χ2v) is 8.35. The predicted octanol–water partition coefficient (Wildman–Crippen LogP) is 2.41. The van der Waals surface area contributed by atoms with E-state index in [1.54, 1.807) is 29.8 Å². The minimum absolute atomic E-state index is 0.124. The fourth-order valence-electron chi connectivity index (χ4n) is 3.63. The van der Waals surface area contributed by atoms with Crippen molar-refractivity contribution in [3.8, 4) is 16.9 Å². The molecule has 8 heteroatoms. The van der Waals surface area contributed by atoms with E-state index in [0.717, 1.165) is 11.3 Å². The number of thiophene rings is 1. The molecule has 30 heavy (non-hydrogen) atoms. The Morgan fingerprint density at radius 2 is 1.97 bits per heavy atom. The Morgan fingerprint density at radius 1 is 1.17 bits per heavy atom. The molecule has 4 rings (SSSR count). The quantitative estimate of drug-likeness (QED) is 0.644. The molecule has 3 aromatic heterocycles. The van der Waals surface area contributed by atoms with Crippen LogP contribution in [0.3, 0.4) is 0 Å². The van der Waals surface area contributed by atoms with E-state index in [9.17, 15) is 14.4 Å². The highest BCUT2D eigenvalue weighted by atomic mass is 32.1. The van der Waals surface area contributed by atoms with Gasteiger partial charge in [-0.3, -0.25) is 14.4 Å². The Labute approximate surface area is 177 Å². The van der Waals surface area contributed by atoms with Gasteiger partial charge in [0, 0.05) is 56.6 Å². The minimum Gasteiger partial charge on any atom is -0.488 e. The van der Waals surface area contributed by atoms with Gasteiger partial charge in [-0.2, -0.15) is 11.3 Å². The lowest BCUT2D eigenvalue weighted by molar-refractivity contribution is 0.0772. The van der Waals surface area contributed by atoms with E-state index < -0.39 is 0 Å². The zero-order chi connectivity index (χ0) is 21.4. The number of nitrogens with zero attached hydrogens (tertiary/aromatic N) is 3. The molecule has 156 valence electrons. The molecule has 0 aromatic carbocycles. The number of hydrogen-bond donors (Lipinski definition) is 0. The van der Waals surface area contributed by atoms with Crippen LogP contribution >= 0.6 is 11.3 Å². The molecule has 0 radical (unpaired) electrons. The second kappa shape index (κ2) is 7.95. The van der Waals surface area contributed by atoms with Crippen LogP contribution in [0, 0.1) is 6.92 Å². The standard InChI is InChI=1S/C22H23N3O4S/c1-14-8-17(9-21(27)24(14)3)29-16-4-6-25(11-16)22(28)19-12-23(2)20(26)10-18(19)15-5-7-30-13-15/h5,7-10,12-13,16H,4,6,11H2,1-3H3. The summed E-state index contributed by atoms with van der Waals surface area (Å²) in [5, 5.41) is 3.85. The fourth-order valence-corrected chi connectivity index (χ4v) is 4.29. The first-order valence-corrected chi connectivity index (χ1v) is 10.6. The monoisotopic (exact) mass is 425 g/mol. The summed E-state index contributed by atoms with van der Waals surface area (Å²) in [6, 6.07) is 6.72. The minimum atomic E-state index is -0.183.